The maximum absolute atomic E-state index is 12.6. The third-order valence-corrected chi connectivity index (χ3v) is 5.94. The van der Waals surface area contributed by atoms with Gasteiger partial charge in [0.1, 0.15) is 10.6 Å². The molecule has 0 bridgehead atoms. The second-order valence-corrected chi connectivity index (χ2v) is 8.44. The Hall–Kier alpha value is -3.04. The first-order chi connectivity index (χ1) is 14.2. The largest absolute Gasteiger partial charge is 0.493 e. The molecule has 0 spiro atoms. The van der Waals surface area contributed by atoms with Crippen LogP contribution in [-0.4, -0.2) is 53.6 Å². The van der Waals surface area contributed by atoms with E-state index in [0.29, 0.717) is 23.8 Å². The van der Waals surface area contributed by atoms with Crippen LogP contribution in [-0.2, 0) is 14.8 Å². The summed E-state index contributed by atoms with van der Waals surface area (Å²) in [5.74, 6) is 0.945. The zero-order valence-corrected chi connectivity index (χ0v) is 18.4. The molecule has 2 aromatic rings. The van der Waals surface area contributed by atoms with E-state index in [2.05, 4.69) is 5.32 Å². The van der Waals surface area contributed by atoms with Crippen LogP contribution >= 0.6 is 0 Å². The first-order valence-electron chi connectivity index (χ1n) is 9.13. The molecule has 8 nitrogen and oxygen atoms in total. The molecule has 0 radical (unpaired) electrons. The molecular formula is C21H26N2O6S. The van der Waals surface area contributed by atoms with E-state index in [0.717, 1.165) is 9.87 Å². The van der Waals surface area contributed by atoms with Gasteiger partial charge >= 0.3 is 0 Å². The Bertz CT molecular complexity index is 1030. The van der Waals surface area contributed by atoms with Crippen molar-refractivity contribution < 1.29 is 27.4 Å². The number of methoxy groups -OCH3 is 2. The van der Waals surface area contributed by atoms with Gasteiger partial charge in [0.15, 0.2) is 11.5 Å². The van der Waals surface area contributed by atoms with Crippen LogP contribution < -0.4 is 19.5 Å². The van der Waals surface area contributed by atoms with Crippen LogP contribution in [0.25, 0.3) is 6.08 Å². The predicted octanol–water partition coefficient (Wildman–Crippen LogP) is 3.00. The summed E-state index contributed by atoms with van der Waals surface area (Å²) in [7, 11) is 2.20. The zero-order valence-electron chi connectivity index (χ0n) is 17.6. The number of sulfonamides is 1. The van der Waals surface area contributed by atoms with Crippen molar-refractivity contribution in [3.63, 3.8) is 0 Å². The summed E-state index contributed by atoms with van der Waals surface area (Å²) in [5, 5.41) is 2.66. The maximum Gasteiger partial charge on any atom is 0.248 e. The van der Waals surface area contributed by atoms with Crippen molar-refractivity contribution >= 4 is 27.7 Å². The van der Waals surface area contributed by atoms with Crippen molar-refractivity contribution in [2.24, 2.45) is 0 Å². The van der Waals surface area contributed by atoms with Crippen molar-refractivity contribution in [1.82, 2.24) is 4.31 Å². The number of carbonyl (C=O) groups is 1. The van der Waals surface area contributed by atoms with Gasteiger partial charge in [-0.2, -0.15) is 0 Å². The fourth-order valence-electron chi connectivity index (χ4n) is 2.57. The Morgan fingerprint density at radius 3 is 2.30 bits per heavy atom. The molecule has 162 valence electrons. The van der Waals surface area contributed by atoms with Crippen LogP contribution in [0.2, 0.25) is 0 Å². The van der Waals surface area contributed by atoms with Gasteiger partial charge in [-0.05, 0) is 48.9 Å². The average molecular weight is 435 g/mol. The molecule has 9 heteroatoms. The minimum Gasteiger partial charge on any atom is -0.493 e. The summed E-state index contributed by atoms with van der Waals surface area (Å²) < 4.78 is 42.1. The van der Waals surface area contributed by atoms with E-state index >= 15 is 0 Å². The first-order valence-corrected chi connectivity index (χ1v) is 10.6. The van der Waals surface area contributed by atoms with Crippen molar-refractivity contribution in [1.29, 1.82) is 0 Å². The van der Waals surface area contributed by atoms with Crippen LogP contribution in [0.5, 0.6) is 17.2 Å². The Morgan fingerprint density at radius 1 is 1.03 bits per heavy atom. The summed E-state index contributed by atoms with van der Waals surface area (Å²) >= 11 is 0. The third kappa shape index (κ3) is 5.52. The Labute approximate surface area is 177 Å². The minimum atomic E-state index is -3.74. The van der Waals surface area contributed by atoms with Gasteiger partial charge in [0, 0.05) is 25.9 Å². The average Bonchev–Trinajstić information content (AvgIpc) is 2.73. The monoisotopic (exact) mass is 434 g/mol. The topological polar surface area (TPSA) is 94.2 Å². The SMILES string of the molecule is CCOc1ccc(NC(=O)/C=C/c2ccc(OC)c(OC)c2)cc1S(=O)(=O)N(C)C. The number of hydrogen-bond donors (Lipinski definition) is 1. The third-order valence-electron chi connectivity index (χ3n) is 4.10. The molecule has 0 fully saturated rings. The van der Waals surface area contributed by atoms with E-state index in [1.807, 2.05) is 0 Å². The van der Waals surface area contributed by atoms with Gasteiger partial charge in [-0.3, -0.25) is 4.79 Å². The molecule has 0 saturated heterocycles. The summed E-state index contributed by atoms with van der Waals surface area (Å²) in [6.45, 7) is 2.08. The Balaban J connectivity index is 2.23. The molecule has 0 saturated carbocycles. The highest BCUT2D eigenvalue weighted by molar-refractivity contribution is 7.89. The number of anilines is 1. The van der Waals surface area contributed by atoms with Crippen molar-refractivity contribution in [2.75, 3.05) is 40.2 Å². The molecule has 0 heterocycles. The van der Waals surface area contributed by atoms with Gasteiger partial charge < -0.3 is 19.5 Å². The number of nitrogens with zero attached hydrogens (tertiary/aromatic N) is 1. The molecule has 0 aliphatic rings. The number of benzene rings is 2. The fourth-order valence-corrected chi connectivity index (χ4v) is 3.62. The van der Waals surface area contributed by atoms with Gasteiger partial charge in [0.25, 0.3) is 0 Å². The summed E-state index contributed by atoms with van der Waals surface area (Å²) in [5.41, 5.74) is 1.08. The molecular weight excluding hydrogens is 408 g/mol. The van der Waals surface area contributed by atoms with Crippen LogP contribution in [0, 0.1) is 0 Å². The number of rotatable bonds is 9. The molecule has 0 atom stereocenters. The highest BCUT2D eigenvalue weighted by atomic mass is 32.2. The Kier molecular flexibility index (Phi) is 7.85. The van der Waals surface area contributed by atoms with E-state index in [1.165, 1.54) is 39.4 Å². The van der Waals surface area contributed by atoms with E-state index < -0.39 is 15.9 Å². The molecule has 0 aliphatic carbocycles. The quantitative estimate of drug-likeness (QED) is 0.610. The van der Waals surface area contributed by atoms with E-state index in [-0.39, 0.29) is 10.6 Å². The van der Waals surface area contributed by atoms with Crippen LogP contribution in [0.15, 0.2) is 47.4 Å². The maximum atomic E-state index is 12.6. The standard InChI is InChI=1S/C21H26N2O6S/c1-6-29-18-11-9-16(14-20(18)30(25,26)23(2)3)22-21(24)12-8-15-7-10-17(27-4)19(13-15)28-5/h7-14H,6H2,1-5H3,(H,22,24)/b12-8+. The lowest BCUT2D eigenvalue weighted by Crippen LogP contribution is -2.23. The van der Waals surface area contributed by atoms with Gasteiger partial charge in [-0.1, -0.05) is 6.07 Å². The number of carbonyl (C=O) groups excluding carboxylic acids is 1. The molecule has 1 N–H and O–H groups in total. The molecule has 1 amide bonds. The van der Waals surface area contributed by atoms with E-state index in [1.54, 1.807) is 44.4 Å². The molecule has 30 heavy (non-hydrogen) atoms. The first kappa shape index (κ1) is 23.2. The highest BCUT2D eigenvalue weighted by Gasteiger charge is 2.23. The van der Waals surface area contributed by atoms with Crippen LogP contribution in [0.4, 0.5) is 5.69 Å². The summed E-state index contributed by atoms with van der Waals surface area (Å²) in [4.78, 5) is 12.3. The van der Waals surface area contributed by atoms with Crippen molar-refractivity contribution in [3.8, 4) is 17.2 Å². The summed E-state index contributed by atoms with van der Waals surface area (Å²) in [6.07, 6.45) is 2.96. The lowest BCUT2D eigenvalue weighted by Gasteiger charge is -2.16. The highest BCUT2D eigenvalue weighted by Crippen LogP contribution is 2.30. The van der Waals surface area contributed by atoms with Crippen LogP contribution in [0.1, 0.15) is 12.5 Å². The van der Waals surface area contributed by atoms with Gasteiger partial charge in [-0.15, -0.1) is 0 Å². The van der Waals surface area contributed by atoms with Crippen molar-refractivity contribution in [2.45, 2.75) is 11.8 Å². The molecule has 0 aromatic heterocycles. The van der Waals surface area contributed by atoms with Crippen LogP contribution in [0.3, 0.4) is 0 Å². The summed E-state index contributed by atoms with van der Waals surface area (Å²) in [6, 6.07) is 9.74. The normalized spacial score (nSPS) is 11.5. The molecule has 0 unspecified atom stereocenters. The fraction of sp³-hybridized carbons (Fsp3) is 0.286. The molecule has 2 aromatic carbocycles. The van der Waals surface area contributed by atoms with Gasteiger partial charge in [-0.25, -0.2) is 12.7 Å². The second-order valence-electron chi connectivity index (χ2n) is 6.32. The number of ether oxygens (including phenoxy) is 3. The second kappa shape index (κ2) is 10.1. The van der Waals surface area contributed by atoms with Gasteiger partial charge in [0.2, 0.25) is 15.9 Å². The predicted molar refractivity (Wildman–Crippen MR) is 116 cm³/mol. The molecule has 2 rings (SSSR count). The van der Waals surface area contributed by atoms with Crippen molar-refractivity contribution in [3.05, 3.63) is 48.0 Å². The molecule has 0 aliphatic heterocycles. The Morgan fingerprint density at radius 2 is 1.70 bits per heavy atom. The number of nitrogens with one attached hydrogen (secondary N) is 1. The van der Waals surface area contributed by atoms with E-state index in [9.17, 15) is 13.2 Å². The lowest BCUT2D eigenvalue weighted by atomic mass is 10.2. The number of hydrogen-bond acceptors (Lipinski definition) is 6. The number of amides is 1. The minimum absolute atomic E-state index is 0.0176. The zero-order chi connectivity index (χ0) is 22.3. The lowest BCUT2D eigenvalue weighted by molar-refractivity contribution is -0.111. The van der Waals surface area contributed by atoms with E-state index in [4.69, 9.17) is 14.2 Å². The smallest absolute Gasteiger partial charge is 0.248 e. The van der Waals surface area contributed by atoms with Gasteiger partial charge in [0.05, 0.1) is 20.8 Å².